The van der Waals surface area contributed by atoms with Crippen LogP contribution in [-0.4, -0.2) is 44.4 Å². The van der Waals surface area contributed by atoms with Gasteiger partial charge in [-0.25, -0.2) is 9.18 Å². The second kappa shape index (κ2) is 5.06. The van der Waals surface area contributed by atoms with E-state index < -0.39 is 42.1 Å². The molecule has 1 aliphatic rings. The molecular weight excluding hydrogens is 277 g/mol. The predicted molar refractivity (Wildman–Crippen MR) is 61.3 cm³/mol. The van der Waals surface area contributed by atoms with Gasteiger partial charge in [-0.15, -0.1) is 0 Å². The number of ether oxygens (including phenoxy) is 1. The van der Waals surface area contributed by atoms with Crippen LogP contribution in [0.15, 0.2) is 27.0 Å². The summed E-state index contributed by atoms with van der Waals surface area (Å²) < 4.78 is 19.7. The largest absolute Gasteiger partial charge is 0.393 e. The third-order valence-corrected chi connectivity index (χ3v) is 2.91. The van der Waals surface area contributed by atoms with Crippen molar-refractivity contribution in [1.82, 2.24) is 9.55 Å². The molecule has 1 aromatic heterocycles. The number of aromatic nitrogens is 2. The summed E-state index contributed by atoms with van der Waals surface area (Å²) in [5.74, 6) is 0. The lowest BCUT2D eigenvalue weighted by atomic mass is 10.1. The van der Waals surface area contributed by atoms with Crippen molar-refractivity contribution in [3.8, 4) is 0 Å². The number of hydrogen-bond acceptors (Lipinski definition) is 6. The maximum atomic E-state index is 14.0. The Labute approximate surface area is 109 Å². The van der Waals surface area contributed by atoms with E-state index in [0.717, 1.165) is 16.8 Å². The Morgan fingerprint density at radius 1 is 1.65 bits per heavy atom. The normalized spacial score (nSPS) is 32.9. The zero-order valence-corrected chi connectivity index (χ0v) is 9.88. The Morgan fingerprint density at radius 2 is 2.35 bits per heavy atom. The van der Waals surface area contributed by atoms with Crippen LogP contribution in [0, 0.1) is 0 Å². The summed E-state index contributed by atoms with van der Waals surface area (Å²) in [7, 11) is 0. The second-order valence-electron chi connectivity index (χ2n) is 4.11. The van der Waals surface area contributed by atoms with Crippen LogP contribution < -0.4 is 11.2 Å². The Kier molecular flexibility index (Phi) is 3.59. The summed E-state index contributed by atoms with van der Waals surface area (Å²) in [6.07, 6.45) is -4.67. The molecule has 0 aromatic carbocycles. The highest BCUT2D eigenvalue weighted by atomic mass is 19.1. The highest BCUT2D eigenvalue weighted by molar-refractivity contribution is 5.01. The van der Waals surface area contributed by atoms with Crippen molar-refractivity contribution in [3.05, 3.63) is 43.5 Å². The molecule has 3 N–H and O–H groups in total. The van der Waals surface area contributed by atoms with E-state index in [1.165, 1.54) is 0 Å². The summed E-state index contributed by atoms with van der Waals surface area (Å²) in [5.41, 5.74) is 4.43. The van der Waals surface area contributed by atoms with Gasteiger partial charge in [-0.2, -0.15) is 0 Å². The summed E-state index contributed by atoms with van der Waals surface area (Å²) in [6.45, 7) is -1.02. The lowest BCUT2D eigenvalue weighted by molar-refractivity contribution is -0.116. The average Bonchev–Trinajstić information content (AvgIpc) is 2.65. The number of nitrogens with zero attached hydrogens (tertiary/aromatic N) is 4. The molecule has 1 aromatic rings. The number of aliphatic hydroxyl groups is 2. The first-order valence-electron chi connectivity index (χ1n) is 5.44. The minimum Gasteiger partial charge on any atom is -0.393 e. The Bertz CT molecular complexity index is 667. The van der Waals surface area contributed by atoms with Gasteiger partial charge in [-0.1, -0.05) is 5.11 Å². The van der Waals surface area contributed by atoms with Crippen molar-refractivity contribution in [2.45, 2.75) is 24.2 Å². The van der Waals surface area contributed by atoms with E-state index in [9.17, 15) is 19.1 Å². The highest BCUT2D eigenvalue weighted by Crippen LogP contribution is 2.39. The maximum absolute atomic E-state index is 14.0. The minimum absolute atomic E-state index is 0.681. The van der Waals surface area contributed by atoms with Crippen molar-refractivity contribution in [2.75, 3.05) is 6.61 Å². The van der Waals surface area contributed by atoms with E-state index in [0.29, 0.717) is 0 Å². The van der Waals surface area contributed by atoms with Crippen molar-refractivity contribution in [3.63, 3.8) is 0 Å². The van der Waals surface area contributed by atoms with Gasteiger partial charge in [0.2, 0.25) is 5.72 Å². The van der Waals surface area contributed by atoms with Crippen LogP contribution in [0.5, 0.6) is 0 Å². The van der Waals surface area contributed by atoms with Crippen LogP contribution >= 0.6 is 0 Å². The van der Waals surface area contributed by atoms with Crippen LogP contribution in [0.1, 0.15) is 6.23 Å². The number of azide groups is 1. The molecule has 20 heavy (non-hydrogen) atoms. The number of nitrogens with one attached hydrogen (secondary N) is 1. The standard InChI is InChI=1S/C9H10FN5O5/c10-6-5(18)7(20-9(6,3-16)13-14-11)15-2-1-4(17)12-8(15)19/h1-2,5-7,16,18H,3H2,(H,12,17,19)/t5-,6+,7-,9-/m1/s1. The summed E-state index contributed by atoms with van der Waals surface area (Å²) in [5, 5.41) is 21.9. The van der Waals surface area contributed by atoms with Crippen LogP contribution in [0.25, 0.3) is 10.4 Å². The summed E-state index contributed by atoms with van der Waals surface area (Å²) in [6, 6.07) is 0.969. The fourth-order valence-corrected chi connectivity index (χ4v) is 1.91. The summed E-state index contributed by atoms with van der Waals surface area (Å²) in [4.78, 5) is 26.8. The first kappa shape index (κ1) is 14.2. The summed E-state index contributed by atoms with van der Waals surface area (Å²) >= 11 is 0. The molecule has 10 nitrogen and oxygen atoms in total. The number of H-pyrrole nitrogens is 1. The van der Waals surface area contributed by atoms with Gasteiger partial charge in [-0.05, 0) is 5.53 Å². The van der Waals surface area contributed by atoms with E-state index in [2.05, 4.69) is 10.0 Å². The topological polar surface area (TPSA) is 153 Å². The lowest BCUT2D eigenvalue weighted by Crippen LogP contribution is -2.41. The van der Waals surface area contributed by atoms with Gasteiger partial charge in [0, 0.05) is 17.2 Å². The van der Waals surface area contributed by atoms with Crippen LogP contribution in [0.3, 0.4) is 0 Å². The number of halogens is 1. The molecule has 0 saturated carbocycles. The zero-order chi connectivity index (χ0) is 14.9. The first-order valence-corrected chi connectivity index (χ1v) is 5.44. The van der Waals surface area contributed by atoms with Crippen molar-refractivity contribution in [2.24, 2.45) is 5.11 Å². The van der Waals surface area contributed by atoms with Crippen LogP contribution in [-0.2, 0) is 4.74 Å². The lowest BCUT2D eigenvalue weighted by Gasteiger charge is -2.22. The van der Waals surface area contributed by atoms with Gasteiger partial charge in [0.05, 0.1) is 6.61 Å². The number of aromatic amines is 1. The molecule has 1 saturated heterocycles. The third-order valence-electron chi connectivity index (χ3n) is 2.91. The minimum atomic E-state index is -2.32. The molecule has 0 aliphatic carbocycles. The molecule has 4 atom stereocenters. The molecule has 1 fully saturated rings. The number of alkyl halides is 1. The number of hydrogen-bond donors (Lipinski definition) is 3. The van der Waals surface area contributed by atoms with E-state index in [1.54, 1.807) is 0 Å². The molecule has 0 amide bonds. The van der Waals surface area contributed by atoms with Gasteiger partial charge in [0.1, 0.15) is 6.10 Å². The van der Waals surface area contributed by atoms with E-state index in [4.69, 9.17) is 15.4 Å². The van der Waals surface area contributed by atoms with E-state index >= 15 is 0 Å². The number of rotatable bonds is 3. The SMILES string of the molecule is [N-]=[N+]=N[C@]1(CO)O[C@@H](n2ccc(=O)[nH]c2=O)[C@H](O)[C@@H]1F. The molecule has 0 bridgehead atoms. The molecule has 2 heterocycles. The highest BCUT2D eigenvalue weighted by Gasteiger charge is 2.56. The molecular formula is C9H10FN5O5. The fourth-order valence-electron chi connectivity index (χ4n) is 1.91. The van der Waals surface area contributed by atoms with Crippen LogP contribution in [0.2, 0.25) is 0 Å². The molecule has 2 rings (SSSR count). The molecule has 0 spiro atoms. The van der Waals surface area contributed by atoms with Crippen molar-refractivity contribution in [1.29, 1.82) is 0 Å². The number of aliphatic hydroxyl groups excluding tert-OH is 2. The van der Waals surface area contributed by atoms with Gasteiger partial charge < -0.3 is 14.9 Å². The molecule has 11 heteroatoms. The van der Waals surface area contributed by atoms with Crippen molar-refractivity contribution < 1.29 is 19.3 Å². The monoisotopic (exact) mass is 287 g/mol. The quantitative estimate of drug-likeness (QED) is 0.360. The predicted octanol–water partition coefficient (Wildman–Crippen LogP) is -1.24. The molecule has 0 radical (unpaired) electrons. The van der Waals surface area contributed by atoms with Gasteiger partial charge in [-0.3, -0.25) is 14.3 Å². The Hall–Kier alpha value is -2.20. The fraction of sp³-hybridized carbons (Fsp3) is 0.556. The molecule has 0 unspecified atom stereocenters. The smallest absolute Gasteiger partial charge is 0.330 e. The van der Waals surface area contributed by atoms with Crippen molar-refractivity contribution >= 4 is 0 Å². The van der Waals surface area contributed by atoms with E-state index in [1.807, 2.05) is 4.98 Å². The average molecular weight is 287 g/mol. The molecule has 1 aliphatic heterocycles. The van der Waals surface area contributed by atoms with Crippen LogP contribution in [0.4, 0.5) is 4.39 Å². The third kappa shape index (κ3) is 2.08. The molecule has 108 valence electrons. The maximum Gasteiger partial charge on any atom is 0.330 e. The van der Waals surface area contributed by atoms with E-state index in [-0.39, 0.29) is 0 Å². The Balaban J connectivity index is 2.47. The Morgan fingerprint density at radius 3 is 2.90 bits per heavy atom. The first-order chi connectivity index (χ1) is 9.45. The second-order valence-corrected chi connectivity index (χ2v) is 4.11. The van der Waals surface area contributed by atoms with Gasteiger partial charge >= 0.3 is 5.69 Å². The van der Waals surface area contributed by atoms with Gasteiger partial charge in [0.15, 0.2) is 12.4 Å². The van der Waals surface area contributed by atoms with Gasteiger partial charge in [0.25, 0.3) is 5.56 Å². The zero-order valence-electron chi connectivity index (χ0n) is 9.88.